The smallest absolute Gasteiger partial charge is 0.257 e. The Morgan fingerprint density at radius 1 is 1.24 bits per heavy atom. The van der Waals surface area contributed by atoms with Crippen molar-refractivity contribution in [1.82, 2.24) is 5.32 Å². The molecule has 0 radical (unpaired) electrons. The first-order valence-corrected chi connectivity index (χ1v) is 7.30. The van der Waals surface area contributed by atoms with Crippen LogP contribution < -0.4 is 10.6 Å². The van der Waals surface area contributed by atoms with Crippen molar-refractivity contribution in [3.63, 3.8) is 0 Å². The highest BCUT2D eigenvalue weighted by molar-refractivity contribution is 9.10. The lowest BCUT2D eigenvalue weighted by Crippen LogP contribution is -2.34. The average molecular weight is 367 g/mol. The van der Waals surface area contributed by atoms with Gasteiger partial charge in [0.1, 0.15) is 5.82 Å². The first-order valence-electron chi connectivity index (χ1n) is 6.10. The van der Waals surface area contributed by atoms with E-state index >= 15 is 0 Å². The largest absolute Gasteiger partial charge is 0.332 e. The summed E-state index contributed by atoms with van der Waals surface area (Å²) in [6.07, 6.45) is 0. The van der Waals surface area contributed by atoms with Gasteiger partial charge in [-0.3, -0.25) is 10.1 Å². The van der Waals surface area contributed by atoms with Gasteiger partial charge in [-0.1, -0.05) is 22.0 Å². The molecule has 3 nitrogen and oxygen atoms in total. The van der Waals surface area contributed by atoms with Gasteiger partial charge in [0.2, 0.25) is 0 Å². The molecule has 0 aliphatic rings. The molecule has 0 bridgehead atoms. The predicted octanol–water partition coefficient (Wildman–Crippen LogP) is 4.02. The van der Waals surface area contributed by atoms with E-state index in [0.29, 0.717) is 0 Å². The molecule has 2 N–H and O–H groups in total. The van der Waals surface area contributed by atoms with Gasteiger partial charge in [-0.15, -0.1) is 0 Å². The topological polar surface area (TPSA) is 41.1 Å². The number of anilines is 1. The van der Waals surface area contributed by atoms with Crippen LogP contribution in [0.1, 0.15) is 15.9 Å². The van der Waals surface area contributed by atoms with Crippen LogP contribution in [0.2, 0.25) is 0 Å². The quantitative estimate of drug-likeness (QED) is 0.788. The zero-order chi connectivity index (χ0) is 15.4. The number of benzene rings is 2. The molecular weight excluding hydrogens is 355 g/mol. The number of amides is 1. The number of carbonyl (C=O) groups is 1. The van der Waals surface area contributed by atoms with Crippen molar-refractivity contribution in [1.29, 1.82) is 0 Å². The summed E-state index contributed by atoms with van der Waals surface area (Å²) in [5, 5.41) is 5.62. The Kier molecular flexibility index (Phi) is 5.03. The summed E-state index contributed by atoms with van der Waals surface area (Å²) in [6.45, 7) is 1.92. The van der Waals surface area contributed by atoms with Gasteiger partial charge in [-0.2, -0.15) is 0 Å². The second-order valence-corrected chi connectivity index (χ2v) is 5.70. The number of carbonyl (C=O) groups excluding carboxylic acids is 1. The number of halogens is 2. The SMILES string of the molecule is Cc1cc(Br)ccc1NC(=S)NC(=O)c1cccc(F)c1. The van der Waals surface area contributed by atoms with Crippen molar-refractivity contribution < 1.29 is 9.18 Å². The van der Waals surface area contributed by atoms with E-state index in [4.69, 9.17) is 12.2 Å². The maximum absolute atomic E-state index is 13.1. The van der Waals surface area contributed by atoms with E-state index in [9.17, 15) is 9.18 Å². The number of nitrogens with one attached hydrogen (secondary N) is 2. The Bertz CT molecular complexity index is 706. The highest BCUT2D eigenvalue weighted by atomic mass is 79.9. The number of rotatable bonds is 2. The van der Waals surface area contributed by atoms with Crippen molar-refractivity contribution in [2.24, 2.45) is 0 Å². The first-order chi connectivity index (χ1) is 9.95. The lowest BCUT2D eigenvalue weighted by molar-refractivity contribution is 0.0977. The van der Waals surface area contributed by atoms with Crippen LogP contribution in [0.4, 0.5) is 10.1 Å². The van der Waals surface area contributed by atoms with Gasteiger partial charge in [0.15, 0.2) is 5.11 Å². The molecule has 0 aliphatic carbocycles. The molecule has 0 aliphatic heterocycles. The molecule has 0 fully saturated rings. The van der Waals surface area contributed by atoms with Crippen LogP contribution in [0.25, 0.3) is 0 Å². The van der Waals surface area contributed by atoms with E-state index in [1.807, 2.05) is 25.1 Å². The zero-order valence-corrected chi connectivity index (χ0v) is 13.5. The van der Waals surface area contributed by atoms with Crippen molar-refractivity contribution >= 4 is 44.9 Å². The van der Waals surface area contributed by atoms with Crippen molar-refractivity contribution in [3.8, 4) is 0 Å². The Hall–Kier alpha value is -1.79. The van der Waals surface area contributed by atoms with E-state index in [0.717, 1.165) is 21.8 Å². The van der Waals surface area contributed by atoms with Gasteiger partial charge in [-0.05, 0) is 61.1 Å². The third-order valence-electron chi connectivity index (χ3n) is 2.75. The Labute approximate surface area is 135 Å². The van der Waals surface area contributed by atoms with Crippen LogP contribution in [-0.4, -0.2) is 11.0 Å². The van der Waals surface area contributed by atoms with Crippen molar-refractivity contribution in [3.05, 3.63) is 63.9 Å². The predicted molar refractivity (Wildman–Crippen MR) is 89.0 cm³/mol. The highest BCUT2D eigenvalue weighted by Crippen LogP contribution is 2.19. The molecule has 21 heavy (non-hydrogen) atoms. The molecule has 2 aromatic carbocycles. The maximum Gasteiger partial charge on any atom is 0.257 e. The minimum atomic E-state index is -0.467. The molecule has 0 atom stereocenters. The summed E-state index contributed by atoms with van der Waals surface area (Å²) in [7, 11) is 0. The summed E-state index contributed by atoms with van der Waals surface area (Å²) in [5.41, 5.74) is 1.99. The standard InChI is InChI=1S/C15H12BrFN2OS/c1-9-7-11(16)5-6-13(9)18-15(21)19-14(20)10-3-2-4-12(17)8-10/h2-8H,1H3,(H2,18,19,20,21). The van der Waals surface area contributed by atoms with Crippen LogP contribution in [0.5, 0.6) is 0 Å². The number of thiocarbonyl (C=S) groups is 1. The molecule has 0 heterocycles. The first kappa shape index (κ1) is 15.6. The second-order valence-electron chi connectivity index (χ2n) is 4.38. The van der Waals surface area contributed by atoms with Gasteiger partial charge in [-0.25, -0.2) is 4.39 Å². The fourth-order valence-corrected chi connectivity index (χ4v) is 2.40. The van der Waals surface area contributed by atoms with E-state index < -0.39 is 11.7 Å². The van der Waals surface area contributed by atoms with E-state index in [-0.39, 0.29) is 10.7 Å². The van der Waals surface area contributed by atoms with Crippen LogP contribution >= 0.6 is 28.1 Å². The minimum absolute atomic E-state index is 0.162. The molecular formula is C15H12BrFN2OS. The van der Waals surface area contributed by atoms with Crippen molar-refractivity contribution in [2.75, 3.05) is 5.32 Å². The summed E-state index contributed by atoms with van der Waals surface area (Å²) < 4.78 is 14.0. The van der Waals surface area contributed by atoms with Crippen LogP contribution in [0.15, 0.2) is 46.9 Å². The van der Waals surface area contributed by atoms with Crippen LogP contribution in [0, 0.1) is 12.7 Å². The lowest BCUT2D eigenvalue weighted by Gasteiger charge is -2.12. The summed E-state index contributed by atoms with van der Waals surface area (Å²) in [5.74, 6) is -0.924. The fourth-order valence-electron chi connectivity index (χ4n) is 1.73. The number of hydrogen-bond acceptors (Lipinski definition) is 2. The van der Waals surface area contributed by atoms with E-state index in [2.05, 4.69) is 26.6 Å². The molecule has 0 aromatic heterocycles. The van der Waals surface area contributed by atoms with Gasteiger partial charge in [0.05, 0.1) is 0 Å². The lowest BCUT2D eigenvalue weighted by atomic mass is 10.2. The minimum Gasteiger partial charge on any atom is -0.332 e. The molecule has 1 amide bonds. The van der Waals surface area contributed by atoms with E-state index in [1.165, 1.54) is 18.2 Å². The number of aryl methyl sites for hydroxylation is 1. The van der Waals surface area contributed by atoms with Crippen molar-refractivity contribution in [2.45, 2.75) is 6.92 Å². The van der Waals surface area contributed by atoms with Gasteiger partial charge in [0.25, 0.3) is 5.91 Å². The molecule has 0 spiro atoms. The Morgan fingerprint density at radius 2 is 2.00 bits per heavy atom. The van der Waals surface area contributed by atoms with E-state index in [1.54, 1.807) is 0 Å². The molecule has 6 heteroatoms. The Morgan fingerprint density at radius 3 is 2.67 bits per heavy atom. The van der Waals surface area contributed by atoms with Crippen LogP contribution in [0.3, 0.4) is 0 Å². The molecule has 0 saturated carbocycles. The van der Waals surface area contributed by atoms with Gasteiger partial charge < -0.3 is 5.32 Å². The maximum atomic E-state index is 13.1. The zero-order valence-electron chi connectivity index (χ0n) is 11.1. The van der Waals surface area contributed by atoms with Gasteiger partial charge >= 0.3 is 0 Å². The van der Waals surface area contributed by atoms with Gasteiger partial charge in [0, 0.05) is 15.7 Å². The fraction of sp³-hybridized carbons (Fsp3) is 0.0667. The molecule has 2 rings (SSSR count). The second kappa shape index (κ2) is 6.78. The average Bonchev–Trinajstić information content (AvgIpc) is 2.42. The third-order valence-corrected chi connectivity index (χ3v) is 3.45. The van der Waals surface area contributed by atoms with Crippen LogP contribution in [-0.2, 0) is 0 Å². The number of hydrogen-bond donors (Lipinski definition) is 2. The summed E-state index contributed by atoms with van der Waals surface area (Å²) in [6, 6.07) is 11.1. The molecule has 108 valence electrons. The molecule has 0 saturated heterocycles. The highest BCUT2D eigenvalue weighted by Gasteiger charge is 2.09. The normalized spacial score (nSPS) is 10.0. The summed E-state index contributed by atoms with van der Waals surface area (Å²) in [4.78, 5) is 11.9. The molecule has 0 unspecified atom stereocenters. The monoisotopic (exact) mass is 366 g/mol. The molecule has 2 aromatic rings. The summed E-state index contributed by atoms with van der Waals surface area (Å²) >= 11 is 8.46. The Balaban J connectivity index is 2.03. The third kappa shape index (κ3) is 4.34.